The molecule has 1 aromatic rings. The van der Waals surface area contributed by atoms with E-state index in [1.165, 1.54) is 30.6 Å². The first-order valence-corrected chi connectivity index (χ1v) is 8.46. The summed E-state index contributed by atoms with van der Waals surface area (Å²) >= 11 is 1.70. The summed E-state index contributed by atoms with van der Waals surface area (Å²) in [5, 5.41) is 11.0. The largest absolute Gasteiger partial charge is 0.353 e. The quantitative estimate of drug-likeness (QED) is 0.782. The SMILES string of the molecule is O=C1CNC(C(=O)NC(c2cccs2)C2CCCC2)CN1. The molecule has 0 spiro atoms. The van der Waals surface area contributed by atoms with Gasteiger partial charge in [0.2, 0.25) is 11.8 Å². The molecule has 1 aliphatic heterocycles. The van der Waals surface area contributed by atoms with Crippen LogP contribution in [0.25, 0.3) is 0 Å². The van der Waals surface area contributed by atoms with E-state index in [1.807, 2.05) is 6.07 Å². The van der Waals surface area contributed by atoms with Gasteiger partial charge in [0.15, 0.2) is 0 Å². The number of nitrogens with one attached hydrogen (secondary N) is 3. The maximum atomic E-state index is 12.4. The van der Waals surface area contributed by atoms with E-state index in [4.69, 9.17) is 0 Å². The van der Waals surface area contributed by atoms with Gasteiger partial charge in [0.25, 0.3) is 0 Å². The van der Waals surface area contributed by atoms with E-state index >= 15 is 0 Å². The Balaban J connectivity index is 1.66. The highest BCUT2D eigenvalue weighted by molar-refractivity contribution is 7.10. The Kier molecular flexibility index (Phi) is 4.55. The van der Waals surface area contributed by atoms with Crippen molar-refractivity contribution >= 4 is 23.2 Å². The second kappa shape index (κ2) is 6.58. The minimum absolute atomic E-state index is 0.0136. The molecular weight excluding hydrogens is 286 g/mol. The van der Waals surface area contributed by atoms with E-state index < -0.39 is 0 Å². The number of piperazine rings is 1. The average Bonchev–Trinajstić information content (AvgIpc) is 3.19. The average molecular weight is 307 g/mol. The molecule has 3 N–H and O–H groups in total. The molecule has 114 valence electrons. The zero-order valence-electron chi connectivity index (χ0n) is 11.9. The van der Waals surface area contributed by atoms with Gasteiger partial charge in [0.05, 0.1) is 12.6 Å². The Labute approximate surface area is 128 Å². The molecule has 2 aliphatic rings. The molecule has 1 saturated carbocycles. The minimum Gasteiger partial charge on any atom is -0.353 e. The lowest BCUT2D eigenvalue weighted by Gasteiger charge is -2.28. The van der Waals surface area contributed by atoms with Crippen LogP contribution in [0.1, 0.15) is 36.6 Å². The van der Waals surface area contributed by atoms with Crippen molar-refractivity contribution < 1.29 is 9.59 Å². The van der Waals surface area contributed by atoms with Gasteiger partial charge in [-0.2, -0.15) is 0 Å². The molecule has 2 heterocycles. The molecule has 0 aromatic carbocycles. The van der Waals surface area contributed by atoms with Crippen LogP contribution >= 0.6 is 11.3 Å². The van der Waals surface area contributed by atoms with Crippen LogP contribution in [0.2, 0.25) is 0 Å². The Morgan fingerprint density at radius 1 is 1.38 bits per heavy atom. The van der Waals surface area contributed by atoms with Crippen molar-refractivity contribution in [3.05, 3.63) is 22.4 Å². The van der Waals surface area contributed by atoms with Gasteiger partial charge >= 0.3 is 0 Å². The van der Waals surface area contributed by atoms with Crippen LogP contribution in [0, 0.1) is 5.92 Å². The third kappa shape index (κ3) is 3.44. The van der Waals surface area contributed by atoms with Crippen molar-refractivity contribution in [2.75, 3.05) is 13.1 Å². The van der Waals surface area contributed by atoms with Crippen molar-refractivity contribution in [1.29, 1.82) is 0 Å². The molecular formula is C15H21N3O2S. The molecule has 1 aliphatic carbocycles. The normalized spacial score (nSPS) is 24.6. The summed E-state index contributed by atoms with van der Waals surface area (Å²) in [6.45, 7) is 0.581. The van der Waals surface area contributed by atoms with E-state index in [2.05, 4.69) is 27.4 Å². The molecule has 3 rings (SSSR count). The highest BCUT2D eigenvalue weighted by atomic mass is 32.1. The van der Waals surface area contributed by atoms with Crippen molar-refractivity contribution in [3.63, 3.8) is 0 Å². The Morgan fingerprint density at radius 2 is 2.19 bits per heavy atom. The fourth-order valence-corrected chi connectivity index (χ4v) is 4.06. The third-order valence-corrected chi connectivity index (χ3v) is 5.30. The fraction of sp³-hybridized carbons (Fsp3) is 0.600. The minimum atomic E-state index is -0.327. The van der Waals surface area contributed by atoms with Gasteiger partial charge in [-0.1, -0.05) is 18.9 Å². The molecule has 2 fully saturated rings. The first-order valence-electron chi connectivity index (χ1n) is 7.58. The molecule has 2 amide bonds. The molecule has 1 aromatic heterocycles. The van der Waals surface area contributed by atoms with Gasteiger partial charge in [-0.15, -0.1) is 11.3 Å². The Hall–Kier alpha value is -1.40. The van der Waals surface area contributed by atoms with Crippen LogP contribution in [-0.2, 0) is 9.59 Å². The number of carbonyl (C=O) groups is 2. The van der Waals surface area contributed by atoms with Crippen molar-refractivity contribution in [1.82, 2.24) is 16.0 Å². The molecule has 6 heteroatoms. The van der Waals surface area contributed by atoms with Crippen LogP contribution in [0.3, 0.4) is 0 Å². The molecule has 1 saturated heterocycles. The predicted molar refractivity (Wildman–Crippen MR) is 82.0 cm³/mol. The summed E-state index contributed by atoms with van der Waals surface area (Å²) in [6, 6.07) is 3.92. The van der Waals surface area contributed by atoms with E-state index in [0.717, 1.165) is 0 Å². The van der Waals surface area contributed by atoms with Gasteiger partial charge in [-0.3, -0.25) is 14.9 Å². The zero-order chi connectivity index (χ0) is 14.7. The number of hydrogen-bond acceptors (Lipinski definition) is 4. The number of thiophene rings is 1. The molecule has 0 radical (unpaired) electrons. The lowest BCUT2D eigenvalue weighted by atomic mass is 9.96. The van der Waals surface area contributed by atoms with Crippen molar-refractivity contribution in [2.24, 2.45) is 5.92 Å². The number of hydrogen-bond donors (Lipinski definition) is 3. The van der Waals surface area contributed by atoms with Crippen LogP contribution < -0.4 is 16.0 Å². The lowest BCUT2D eigenvalue weighted by Crippen LogP contribution is -2.58. The van der Waals surface area contributed by atoms with Crippen LogP contribution in [0.4, 0.5) is 0 Å². The smallest absolute Gasteiger partial charge is 0.239 e. The standard InChI is InChI=1S/C15H21N3O2S/c19-13-9-16-11(8-17-13)15(20)18-14(10-4-1-2-5-10)12-6-3-7-21-12/h3,6-7,10-11,14,16H,1-2,4-5,8-9H2,(H,17,19)(H,18,20). The third-order valence-electron chi connectivity index (χ3n) is 4.35. The molecule has 21 heavy (non-hydrogen) atoms. The maximum Gasteiger partial charge on any atom is 0.239 e. The second-order valence-corrected chi connectivity index (χ2v) is 6.76. The Bertz CT molecular complexity index is 487. The molecule has 2 unspecified atom stereocenters. The summed E-state index contributed by atoms with van der Waals surface area (Å²) < 4.78 is 0. The highest BCUT2D eigenvalue weighted by Gasteiger charge is 2.31. The summed E-state index contributed by atoms with van der Waals surface area (Å²) in [7, 11) is 0. The predicted octanol–water partition coefficient (Wildman–Crippen LogP) is 1.18. The lowest BCUT2D eigenvalue weighted by molar-refractivity contribution is -0.127. The van der Waals surface area contributed by atoms with Gasteiger partial charge in [-0.05, 0) is 30.2 Å². The van der Waals surface area contributed by atoms with Gasteiger partial charge in [-0.25, -0.2) is 0 Å². The molecule has 0 bridgehead atoms. The van der Waals surface area contributed by atoms with E-state index in [0.29, 0.717) is 12.5 Å². The summed E-state index contributed by atoms with van der Waals surface area (Å²) in [4.78, 5) is 24.8. The molecule has 2 atom stereocenters. The van der Waals surface area contributed by atoms with E-state index in [-0.39, 0.29) is 30.4 Å². The van der Waals surface area contributed by atoms with Gasteiger partial charge in [0.1, 0.15) is 6.04 Å². The highest BCUT2D eigenvalue weighted by Crippen LogP contribution is 2.37. The van der Waals surface area contributed by atoms with Crippen molar-refractivity contribution in [3.8, 4) is 0 Å². The number of rotatable bonds is 4. The second-order valence-electron chi connectivity index (χ2n) is 5.78. The fourth-order valence-electron chi connectivity index (χ4n) is 3.19. The first-order chi connectivity index (χ1) is 10.2. The number of carbonyl (C=O) groups excluding carboxylic acids is 2. The van der Waals surface area contributed by atoms with E-state index in [1.54, 1.807) is 11.3 Å². The van der Waals surface area contributed by atoms with Crippen LogP contribution in [0.15, 0.2) is 17.5 Å². The summed E-state index contributed by atoms with van der Waals surface area (Å²) in [5.74, 6) is 0.468. The number of amides is 2. The summed E-state index contributed by atoms with van der Waals surface area (Å²) in [5.41, 5.74) is 0. The van der Waals surface area contributed by atoms with Gasteiger partial charge < -0.3 is 10.6 Å². The van der Waals surface area contributed by atoms with Crippen molar-refractivity contribution in [2.45, 2.75) is 37.8 Å². The zero-order valence-corrected chi connectivity index (χ0v) is 12.7. The summed E-state index contributed by atoms with van der Waals surface area (Å²) in [6.07, 6.45) is 4.86. The Morgan fingerprint density at radius 3 is 2.81 bits per heavy atom. The van der Waals surface area contributed by atoms with Crippen LogP contribution in [0.5, 0.6) is 0 Å². The van der Waals surface area contributed by atoms with Gasteiger partial charge in [0, 0.05) is 11.4 Å². The van der Waals surface area contributed by atoms with Crippen LogP contribution in [-0.4, -0.2) is 30.9 Å². The van der Waals surface area contributed by atoms with E-state index in [9.17, 15) is 9.59 Å². The maximum absolute atomic E-state index is 12.4. The monoisotopic (exact) mass is 307 g/mol. The molecule has 5 nitrogen and oxygen atoms in total. The topological polar surface area (TPSA) is 70.2 Å². The first kappa shape index (κ1) is 14.5.